The summed E-state index contributed by atoms with van der Waals surface area (Å²) in [5.41, 5.74) is 7.49. The molecule has 7 heteroatoms. The van der Waals surface area contributed by atoms with Crippen LogP contribution in [-0.4, -0.2) is 45.8 Å². The number of hydrogen-bond donors (Lipinski definition) is 4. The standard InChI is InChI=1S/C24H28ClN3O3/c25-21-14-20-16(13-17(21)6-8-24(30)27-31)5-7-23(20)28(11-12-29)10-9-18-15-26-22-4-2-1-3-19(18)22/h1-4,13-15,23,26,29,31H,5-12H2,(H,27,30). The van der Waals surface area contributed by atoms with Crippen LogP contribution in [0.1, 0.15) is 41.1 Å². The summed E-state index contributed by atoms with van der Waals surface area (Å²) in [6.07, 6.45) is 5.60. The van der Waals surface area contributed by atoms with Crippen LogP contribution in [0.2, 0.25) is 5.02 Å². The van der Waals surface area contributed by atoms with E-state index in [4.69, 9.17) is 16.8 Å². The zero-order chi connectivity index (χ0) is 21.8. The molecule has 3 aromatic rings. The molecule has 0 aliphatic heterocycles. The van der Waals surface area contributed by atoms with Crippen LogP contribution in [0, 0.1) is 0 Å². The Morgan fingerprint density at radius 3 is 2.84 bits per heavy atom. The summed E-state index contributed by atoms with van der Waals surface area (Å²) in [7, 11) is 0. The van der Waals surface area contributed by atoms with Crippen LogP contribution in [0.15, 0.2) is 42.6 Å². The molecule has 1 heterocycles. The van der Waals surface area contributed by atoms with Crippen LogP contribution in [0.4, 0.5) is 0 Å². The van der Waals surface area contributed by atoms with Crippen LogP contribution in [-0.2, 0) is 24.1 Å². The highest BCUT2D eigenvalue weighted by molar-refractivity contribution is 6.31. The number of fused-ring (bicyclic) bond motifs is 2. The molecule has 0 saturated carbocycles. The number of aliphatic hydroxyl groups excluding tert-OH is 1. The maximum Gasteiger partial charge on any atom is 0.243 e. The number of nitrogens with one attached hydrogen (secondary N) is 2. The SMILES string of the molecule is O=C(CCc1cc2c(cc1Cl)C(N(CCO)CCc1c[nH]c3ccccc13)CC2)NO. The number of rotatable bonds is 9. The van der Waals surface area contributed by atoms with Crippen LogP contribution >= 0.6 is 11.6 Å². The van der Waals surface area contributed by atoms with Gasteiger partial charge in [0.15, 0.2) is 0 Å². The van der Waals surface area contributed by atoms with Crippen molar-refractivity contribution in [1.29, 1.82) is 0 Å². The van der Waals surface area contributed by atoms with E-state index >= 15 is 0 Å². The largest absolute Gasteiger partial charge is 0.395 e. The Kier molecular flexibility index (Phi) is 6.92. The predicted octanol–water partition coefficient (Wildman–Crippen LogP) is 3.78. The van der Waals surface area contributed by atoms with Gasteiger partial charge in [0.2, 0.25) is 5.91 Å². The molecular weight excluding hydrogens is 414 g/mol. The zero-order valence-corrected chi connectivity index (χ0v) is 18.2. The molecule has 6 nitrogen and oxygen atoms in total. The average molecular weight is 442 g/mol. The molecule has 0 spiro atoms. The van der Waals surface area contributed by atoms with E-state index in [2.05, 4.69) is 40.3 Å². The van der Waals surface area contributed by atoms with Crippen molar-refractivity contribution >= 4 is 28.4 Å². The first kappa shape index (κ1) is 21.8. The molecule has 0 saturated heterocycles. The van der Waals surface area contributed by atoms with Gasteiger partial charge in [-0.2, -0.15) is 0 Å². The van der Waals surface area contributed by atoms with Crippen LogP contribution < -0.4 is 5.48 Å². The Morgan fingerprint density at radius 1 is 1.19 bits per heavy atom. The summed E-state index contributed by atoms with van der Waals surface area (Å²) in [5.74, 6) is -0.416. The highest BCUT2D eigenvalue weighted by Crippen LogP contribution is 2.39. The number of aromatic nitrogens is 1. The Balaban J connectivity index is 1.50. The van der Waals surface area contributed by atoms with Crippen LogP contribution in [0.25, 0.3) is 10.9 Å². The maximum absolute atomic E-state index is 11.4. The molecule has 1 unspecified atom stereocenters. The van der Waals surface area contributed by atoms with Gasteiger partial charge in [-0.15, -0.1) is 0 Å². The molecule has 164 valence electrons. The first-order valence-corrected chi connectivity index (χ1v) is 11.1. The second-order valence-electron chi connectivity index (χ2n) is 8.10. The van der Waals surface area contributed by atoms with Crippen molar-refractivity contribution in [3.05, 3.63) is 69.9 Å². The Morgan fingerprint density at radius 2 is 2.03 bits per heavy atom. The molecule has 1 atom stereocenters. The number of hydrogen-bond acceptors (Lipinski definition) is 4. The van der Waals surface area contributed by atoms with E-state index in [1.54, 1.807) is 5.48 Å². The lowest BCUT2D eigenvalue weighted by Crippen LogP contribution is -2.32. The van der Waals surface area contributed by atoms with Gasteiger partial charge in [-0.1, -0.05) is 35.9 Å². The average Bonchev–Trinajstić information content (AvgIpc) is 3.38. The first-order valence-electron chi connectivity index (χ1n) is 10.7. The molecule has 1 aliphatic rings. The van der Waals surface area contributed by atoms with Gasteiger partial charge in [-0.3, -0.25) is 14.9 Å². The Hall–Kier alpha value is -2.38. The van der Waals surface area contributed by atoms with Gasteiger partial charge in [0, 0.05) is 47.7 Å². The van der Waals surface area contributed by atoms with Crippen LogP contribution in [0.5, 0.6) is 0 Å². The van der Waals surface area contributed by atoms with Crippen molar-refractivity contribution in [3.63, 3.8) is 0 Å². The number of aliphatic hydroxyl groups is 1. The minimum Gasteiger partial charge on any atom is -0.395 e. The van der Waals surface area contributed by atoms with E-state index in [1.807, 2.05) is 12.1 Å². The van der Waals surface area contributed by atoms with Gasteiger partial charge in [0.1, 0.15) is 0 Å². The topological polar surface area (TPSA) is 88.6 Å². The van der Waals surface area contributed by atoms with Crippen molar-refractivity contribution in [1.82, 2.24) is 15.4 Å². The number of aromatic amines is 1. The number of para-hydroxylation sites is 1. The van der Waals surface area contributed by atoms with Gasteiger partial charge >= 0.3 is 0 Å². The van der Waals surface area contributed by atoms with Gasteiger partial charge in [0.25, 0.3) is 0 Å². The Bertz CT molecular complexity index is 1070. The number of carbonyl (C=O) groups excluding carboxylic acids is 1. The van der Waals surface area contributed by atoms with Crippen molar-refractivity contribution in [2.75, 3.05) is 19.7 Å². The molecule has 2 aromatic carbocycles. The monoisotopic (exact) mass is 441 g/mol. The molecule has 1 aromatic heterocycles. The molecule has 0 fully saturated rings. The predicted molar refractivity (Wildman–Crippen MR) is 121 cm³/mol. The Labute approximate surface area is 186 Å². The van der Waals surface area contributed by atoms with Crippen molar-refractivity contribution in [2.24, 2.45) is 0 Å². The van der Waals surface area contributed by atoms with Crippen molar-refractivity contribution < 1.29 is 15.1 Å². The van der Waals surface area contributed by atoms with E-state index in [-0.39, 0.29) is 19.1 Å². The zero-order valence-electron chi connectivity index (χ0n) is 17.4. The fourth-order valence-electron chi connectivity index (χ4n) is 4.69. The summed E-state index contributed by atoms with van der Waals surface area (Å²) in [5, 5.41) is 20.3. The lowest BCUT2D eigenvalue weighted by atomic mass is 10.0. The lowest BCUT2D eigenvalue weighted by Gasteiger charge is -2.29. The lowest BCUT2D eigenvalue weighted by molar-refractivity contribution is -0.129. The highest BCUT2D eigenvalue weighted by Gasteiger charge is 2.29. The van der Waals surface area contributed by atoms with Crippen molar-refractivity contribution in [2.45, 2.75) is 38.1 Å². The molecule has 1 aliphatic carbocycles. The van der Waals surface area contributed by atoms with E-state index < -0.39 is 5.91 Å². The number of halogens is 1. The fraction of sp³-hybridized carbons (Fsp3) is 0.375. The minimum atomic E-state index is -0.416. The third-order valence-electron chi connectivity index (χ3n) is 6.27. The van der Waals surface area contributed by atoms with Gasteiger partial charge in [-0.25, -0.2) is 5.48 Å². The van der Waals surface area contributed by atoms with E-state index in [1.165, 1.54) is 22.1 Å². The van der Waals surface area contributed by atoms with E-state index in [0.29, 0.717) is 18.0 Å². The number of amides is 1. The maximum atomic E-state index is 11.4. The van der Waals surface area contributed by atoms with E-state index in [9.17, 15) is 9.90 Å². The molecule has 0 radical (unpaired) electrons. The summed E-state index contributed by atoms with van der Waals surface area (Å²) in [6.45, 7) is 1.58. The molecule has 4 rings (SSSR count). The summed E-state index contributed by atoms with van der Waals surface area (Å²) < 4.78 is 0. The number of carbonyl (C=O) groups is 1. The first-order chi connectivity index (χ1) is 15.1. The third-order valence-corrected chi connectivity index (χ3v) is 6.62. The molecule has 31 heavy (non-hydrogen) atoms. The number of H-pyrrole nitrogens is 1. The van der Waals surface area contributed by atoms with Gasteiger partial charge < -0.3 is 10.1 Å². The van der Waals surface area contributed by atoms with Gasteiger partial charge in [-0.05, 0) is 60.1 Å². The molecule has 0 bridgehead atoms. The quantitative estimate of drug-likeness (QED) is 0.300. The second kappa shape index (κ2) is 9.83. The third kappa shape index (κ3) is 4.77. The number of hydroxylamine groups is 1. The second-order valence-corrected chi connectivity index (χ2v) is 8.51. The normalized spacial score (nSPS) is 15.5. The number of aryl methyl sites for hydroxylation is 2. The summed E-state index contributed by atoms with van der Waals surface area (Å²) in [4.78, 5) is 17.0. The highest BCUT2D eigenvalue weighted by atomic mass is 35.5. The molecular formula is C24H28ClN3O3. The fourth-order valence-corrected chi connectivity index (χ4v) is 4.95. The molecule has 4 N–H and O–H groups in total. The molecule has 1 amide bonds. The van der Waals surface area contributed by atoms with E-state index in [0.717, 1.165) is 36.9 Å². The number of benzene rings is 2. The summed E-state index contributed by atoms with van der Waals surface area (Å²) >= 11 is 6.54. The number of nitrogens with zero attached hydrogens (tertiary/aromatic N) is 1. The van der Waals surface area contributed by atoms with Gasteiger partial charge in [0.05, 0.1) is 6.61 Å². The smallest absolute Gasteiger partial charge is 0.243 e. The van der Waals surface area contributed by atoms with Crippen LogP contribution in [0.3, 0.4) is 0 Å². The minimum absolute atomic E-state index is 0.113. The summed E-state index contributed by atoms with van der Waals surface area (Å²) in [6, 6.07) is 12.7. The van der Waals surface area contributed by atoms with Crippen molar-refractivity contribution in [3.8, 4) is 0 Å².